The molecular formula is C36H44ClFN6O3. The zero-order valence-electron chi connectivity index (χ0n) is 27.1. The molecule has 11 heteroatoms. The number of aromatic nitrogens is 3. The molecule has 250 valence electrons. The smallest absolute Gasteiger partial charge is 0.410 e. The van der Waals surface area contributed by atoms with Crippen LogP contribution in [0.3, 0.4) is 0 Å². The molecule has 7 rings (SSSR count). The minimum Gasteiger partial charge on any atom is -0.446 e. The van der Waals surface area contributed by atoms with E-state index in [0.717, 1.165) is 79.6 Å². The minimum absolute atomic E-state index is 0.0425. The third kappa shape index (κ3) is 7.04. The van der Waals surface area contributed by atoms with E-state index in [9.17, 15) is 14.0 Å². The number of piperazine rings is 1. The van der Waals surface area contributed by atoms with Crippen molar-refractivity contribution in [3.8, 4) is 0 Å². The molecule has 0 radical (unpaired) electrons. The quantitative estimate of drug-likeness (QED) is 0.335. The molecule has 1 unspecified atom stereocenters. The highest BCUT2D eigenvalue weighted by atomic mass is 35.5. The number of halogens is 2. The first-order valence-corrected chi connectivity index (χ1v) is 17.6. The second-order valence-corrected chi connectivity index (χ2v) is 14.2. The van der Waals surface area contributed by atoms with Crippen molar-refractivity contribution < 1.29 is 18.7 Å². The molecule has 2 aliphatic heterocycles. The van der Waals surface area contributed by atoms with E-state index >= 15 is 0 Å². The van der Waals surface area contributed by atoms with Gasteiger partial charge in [0.2, 0.25) is 5.91 Å². The number of ether oxygens (including phenoxy) is 1. The van der Waals surface area contributed by atoms with Crippen LogP contribution in [-0.4, -0.2) is 86.1 Å². The molecule has 47 heavy (non-hydrogen) atoms. The maximum Gasteiger partial charge on any atom is 0.410 e. The van der Waals surface area contributed by atoms with Crippen molar-refractivity contribution in [1.82, 2.24) is 29.2 Å². The van der Waals surface area contributed by atoms with Gasteiger partial charge < -0.3 is 14.2 Å². The van der Waals surface area contributed by atoms with E-state index < -0.39 is 12.1 Å². The molecular weight excluding hydrogens is 619 g/mol. The third-order valence-electron chi connectivity index (χ3n) is 10.5. The van der Waals surface area contributed by atoms with Gasteiger partial charge in [-0.2, -0.15) is 0 Å². The lowest BCUT2D eigenvalue weighted by Gasteiger charge is -2.45. The van der Waals surface area contributed by atoms with E-state index in [-0.39, 0.29) is 23.9 Å². The zero-order valence-corrected chi connectivity index (χ0v) is 27.9. The Kier molecular flexibility index (Phi) is 9.50. The topological polar surface area (TPSA) is 83.8 Å². The number of imidazole rings is 1. The maximum atomic E-state index is 14.6. The van der Waals surface area contributed by atoms with Crippen molar-refractivity contribution in [2.45, 2.75) is 89.4 Å². The summed E-state index contributed by atoms with van der Waals surface area (Å²) in [4.78, 5) is 43.3. The van der Waals surface area contributed by atoms with E-state index in [1.807, 2.05) is 42.5 Å². The number of carbonyl (C=O) groups is 2. The summed E-state index contributed by atoms with van der Waals surface area (Å²) in [6.07, 6.45) is 13.0. The van der Waals surface area contributed by atoms with Crippen LogP contribution in [-0.2, 0) is 28.9 Å². The fourth-order valence-corrected chi connectivity index (χ4v) is 8.33. The fourth-order valence-electron chi connectivity index (χ4n) is 8.14. The molecule has 4 heterocycles. The summed E-state index contributed by atoms with van der Waals surface area (Å²) >= 11 is 6.45. The zero-order chi connectivity index (χ0) is 32.5. The van der Waals surface area contributed by atoms with Crippen LogP contribution >= 0.6 is 11.6 Å². The molecule has 9 nitrogen and oxygen atoms in total. The predicted octanol–water partition coefficient (Wildman–Crippen LogP) is 5.96. The molecule has 4 aliphatic rings. The van der Waals surface area contributed by atoms with Gasteiger partial charge in [0.1, 0.15) is 18.0 Å². The van der Waals surface area contributed by atoms with Gasteiger partial charge >= 0.3 is 6.09 Å². The van der Waals surface area contributed by atoms with Gasteiger partial charge in [0, 0.05) is 50.5 Å². The maximum absolute atomic E-state index is 14.6. The molecule has 2 amide bonds. The normalized spacial score (nSPS) is 23.9. The van der Waals surface area contributed by atoms with Crippen molar-refractivity contribution in [1.29, 1.82) is 0 Å². The fraction of sp³-hybridized carbons (Fsp3) is 0.556. The van der Waals surface area contributed by atoms with Crippen molar-refractivity contribution in [2.24, 2.45) is 5.92 Å². The largest absolute Gasteiger partial charge is 0.446 e. The number of benzene rings is 1. The van der Waals surface area contributed by atoms with Gasteiger partial charge in [-0.1, -0.05) is 24.1 Å². The number of aryl methyl sites for hydroxylation is 3. The van der Waals surface area contributed by atoms with Gasteiger partial charge in [0.25, 0.3) is 0 Å². The van der Waals surface area contributed by atoms with Crippen molar-refractivity contribution in [2.75, 3.05) is 32.7 Å². The van der Waals surface area contributed by atoms with E-state index in [1.165, 1.54) is 6.20 Å². The SMILES string of the molecule is Cc1cn(C[C@H]2CCCN(C(=O)[C@H]3CN(C4c5ccc(Cl)cc5CCc5cc(F)cnc54)CCN3C(=O)OC3CCCCC3)C2)cn1. The lowest BCUT2D eigenvalue weighted by Crippen LogP contribution is -2.62. The minimum atomic E-state index is -0.711. The van der Waals surface area contributed by atoms with Crippen LogP contribution < -0.4 is 0 Å². The van der Waals surface area contributed by atoms with Crippen LogP contribution in [0.5, 0.6) is 0 Å². The molecule has 1 aromatic carbocycles. The number of rotatable bonds is 5. The van der Waals surface area contributed by atoms with Crippen LogP contribution in [0, 0.1) is 18.7 Å². The highest BCUT2D eigenvalue weighted by molar-refractivity contribution is 6.30. The number of carbonyl (C=O) groups excluding carboxylic acids is 2. The number of hydrogen-bond donors (Lipinski definition) is 0. The number of nitrogens with zero attached hydrogens (tertiary/aromatic N) is 6. The molecule has 0 N–H and O–H groups in total. The second-order valence-electron chi connectivity index (χ2n) is 13.8. The van der Waals surface area contributed by atoms with E-state index in [4.69, 9.17) is 16.3 Å². The highest BCUT2D eigenvalue weighted by Crippen LogP contribution is 2.38. The number of hydrogen-bond acceptors (Lipinski definition) is 6. The summed E-state index contributed by atoms with van der Waals surface area (Å²) in [5.74, 6) is -0.104. The summed E-state index contributed by atoms with van der Waals surface area (Å²) in [6.45, 7) is 5.28. The molecule has 0 bridgehead atoms. The Morgan fingerprint density at radius 3 is 2.62 bits per heavy atom. The predicted molar refractivity (Wildman–Crippen MR) is 177 cm³/mol. The average Bonchev–Trinajstić information content (AvgIpc) is 3.42. The van der Waals surface area contributed by atoms with E-state index in [2.05, 4.69) is 19.4 Å². The Bertz CT molecular complexity index is 1560. The third-order valence-corrected chi connectivity index (χ3v) is 10.7. The standard InChI is InChI=1S/C36H44ClFN6O3/c1-24-19-41(23-40-24)20-25-6-5-13-43(21-25)35(45)32-22-42(14-15-44(32)36(46)47-30-7-3-2-4-8-30)34-31-12-11-28(37)16-26(31)9-10-27-17-29(38)18-39-33(27)34/h11-12,16-19,23,25,30,32,34H,2-10,13-15,20-22H2,1H3/t25-,32-,34?/m1/s1. The Morgan fingerprint density at radius 2 is 1.81 bits per heavy atom. The van der Waals surface area contributed by atoms with Gasteiger partial charge in [-0.05, 0) is 99.1 Å². The molecule has 0 spiro atoms. The summed E-state index contributed by atoms with van der Waals surface area (Å²) in [5.41, 5.74) is 4.79. The number of pyridine rings is 1. The monoisotopic (exact) mass is 662 g/mol. The number of piperidine rings is 1. The molecule has 3 fully saturated rings. The molecule has 3 aromatic rings. The van der Waals surface area contributed by atoms with Crippen molar-refractivity contribution >= 4 is 23.6 Å². The van der Waals surface area contributed by atoms with E-state index in [0.29, 0.717) is 56.5 Å². The van der Waals surface area contributed by atoms with Crippen LogP contribution in [0.25, 0.3) is 0 Å². The molecule has 2 saturated heterocycles. The van der Waals surface area contributed by atoms with E-state index in [1.54, 1.807) is 11.0 Å². The molecule has 1 saturated carbocycles. The number of amides is 2. The summed E-state index contributed by atoms with van der Waals surface area (Å²) < 4.78 is 22.6. The summed E-state index contributed by atoms with van der Waals surface area (Å²) in [7, 11) is 0. The molecule has 2 aromatic heterocycles. The van der Waals surface area contributed by atoms with Crippen LogP contribution in [0.4, 0.5) is 9.18 Å². The van der Waals surface area contributed by atoms with Gasteiger partial charge in [0.05, 0.1) is 30.0 Å². The summed E-state index contributed by atoms with van der Waals surface area (Å²) in [5, 5.41) is 0.654. The highest BCUT2D eigenvalue weighted by Gasteiger charge is 2.43. The first-order chi connectivity index (χ1) is 22.8. The van der Waals surface area contributed by atoms with Gasteiger partial charge in [-0.25, -0.2) is 14.2 Å². The number of likely N-dealkylation sites (tertiary alicyclic amines) is 1. The second kappa shape index (κ2) is 13.9. The Hall–Kier alpha value is -3.50. The van der Waals surface area contributed by atoms with Gasteiger partial charge in [-0.3, -0.25) is 19.6 Å². The van der Waals surface area contributed by atoms with Crippen molar-refractivity contribution in [3.05, 3.63) is 81.9 Å². The van der Waals surface area contributed by atoms with Crippen LogP contribution in [0.15, 0.2) is 43.0 Å². The first kappa shape index (κ1) is 32.1. The Balaban J connectivity index is 1.18. The lowest BCUT2D eigenvalue weighted by molar-refractivity contribution is -0.141. The Morgan fingerprint density at radius 1 is 0.979 bits per heavy atom. The molecule has 3 atom stereocenters. The van der Waals surface area contributed by atoms with Crippen LogP contribution in [0.1, 0.15) is 79.1 Å². The Labute approximate surface area is 281 Å². The van der Waals surface area contributed by atoms with Crippen LogP contribution in [0.2, 0.25) is 5.02 Å². The average molecular weight is 663 g/mol. The van der Waals surface area contributed by atoms with Gasteiger partial charge in [-0.15, -0.1) is 0 Å². The summed E-state index contributed by atoms with van der Waals surface area (Å²) in [6, 6.07) is 6.48. The lowest BCUT2D eigenvalue weighted by atomic mass is 9.94. The first-order valence-electron chi connectivity index (χ1n) is 17.2. The van der Waals surface area contributed by atoms with Gasteiger partial charge in [0.15, 0.2) is 0 Å². The van der Waals surface area contributed by atoms with Crippen molar-refractivity contribution in [3.63, 3.8) is 0 Å². The molecule has 2 aliphatic carbocycles. The number of fused-ring (bicyclic) bond motifs is 2.